The van der Waals surface area contributed by atoms with Crippen LogP contribution in [0.15, 0.2) is 24.5 Å². The molecule has 1 heterocycles. The minimum Gasteiger partial charge on any atom is -0.383 e. The number of rotatable bonds is 6. The summed E-state index contributed by atoms with van der Waals surface area (Å²) in [5, 5.41) is 7.03. The fourth-order valence-corrected chi connectivity index (χ4v) is 1.68. The topological polar surface area (TPSA) is 39.1 Å². The first-order valence-electron chi connectivity index (χ1n) is 5.99. The van der Waals surface area contributed by atoms with Crippen LogP contribution in [-0.4, -0.2) is 23.5 Å². The average Bonchev–Trinajstić information content (AvgIpc) is 2.88. The van der Waals surface area contributed by atoms with Crippen molar-refractivity contribution in [3.05, 3.63) is 47.5 Å². The molecular formula is C13H14F3N3O. The van der Waals surface area contributed by atoms with E-state index in [2.05, 4.69) is 10.4 Å². The number of nitrogens with zero attached hydrogens (tertiary/aromatic N) is 2. The van der Waals surface area contributed by atoms with Crippen molar-refractivity contribution >= 4 is 5.69 Å². The largest absolute Gasteiger partial charge is 0.383 e. The van der Waals surface area contributed by atoms with Crippen LogP contribution in [0.2, 0.25) is 0 Å². The third-order valence-electron chi connectivity index (χ3n) is 2.70. The number of halogens is 3. The van der Waals surface area contributed by atoms with Gasteiger partial charge in [-0.3, -0.25) is 4.68 Å². The van der Waals surface area contributed by atoms with Crippen LogP contribution in [0.5, 0.6) is 0 Å². The molecule has 0 spiro atoms. The van der Waals surface area contributed by atoms with Gasteiger partial charge in [-0.25, -0.2) is 13.2 Å². The highest BCUT2D eigenvalue weighted by Crippen LogP contribution is 2.15. The fourth-order valence-electron chi connectivity index (χ4n) is 1.68. The standard InChI is InChI=1S/C13H14F3N3O/c1-20-3-2-19-8-10(7-18-19)17-6-9-4-11(14)13(16)12(15)5-9/h4-5,7-8,17H,2-3,6H2,1H3. The van der Waals surface area contributed by atoms with E-state index in [4.69, 9.17) is 4.74 Å². The number of nitrogens with one attached hydrogen (secondary N) is 1. The fraction of sp³-hybridized carbons (Fsp3) is 0.308. The van der Waals surface area contributed by atoms with Crippen molar-refractivity contribution < 1.29 is 17.9 Å². The van der Waals surface area contributed by atoms with E-state index in [9.17, 15) is 13.2 Å². The van der Waals surface area contributed by atoms with Crippen molar-refractivity contribution in [1.82, 2.24) is 9.78 Å². The van der Waals surface area contributed by atoms with Gasteiger partial charge in [0.15, 0.2) is 17.5 Å². The molecule has 0 unspecified atom stereocenters. The Bertz CT molecular complexity index is 563. The lowest BCUT2D eigenvalue weighted by Crippen LogP contribution is -2.04. The molecule has 7 heteroatoms. The molecule has 0 amide bonds. The molecule has 2 aromatic rings. The van der Waals surface area contributed by atoms with Crippen LogP contribution in [0.25, 0.3) is 0 Å². The molecule has 0 radical (unpaired) electrons. The van der Waals surface area contributed by atoms with E-state index in [0.29, 0.717) is 24.4 Å². The Labute approximate surface area is 114 Å². The summed E-state index contributed by atoms with van der Waals surface area (Å²) in [6.45, 7) is 1.32. The highest BCUT2D eigenvalue weighted by atomic mass is 19.2. The quantitative estimate of drug-likeness (QED) is 0.829. The van der Waals surface area contributed by atoms with Crippen molar-refractivity contribution in [3.63, 3.8) is 0 Å². The number of hydrogen-bond donors (Lipinski definition) is 1. The molecule has 0 saturated heterocycles. The molecular weight excluding hydrogens is 271 g/mol. The predicted octanol–water partition coefficient (Wildman–Crippen LogP) is 2.56. The van der Waals surface area contributed by atoms with Crippen LogP contribution in [0.3, 0.4) is 0 Å². The van der Waals surface area contributed by atoms with E-state index in [-0.39, 0.29) is 6.54 Å². The second kappa shape index (κ2) is 6.42. The summed E-state index contributed by atoms with van der Waals surface area (Å²) in [7, 11) is 1.60. The van der Waals surface area contributed by atoms with Gasteiger partial charge in [0.05, 0.1) is 25.0 Å². The van der Waals surface area contributed by atoms with Crippen molar-refractivity contribution in [2.24, 2.45) is 0 Å². The maximum Gasteiger partial charge on any atom is 0.194 e. The normalized spacial score (nSPS) is 10.8. The van der Waals surface area contributed by atoms with Crippen LogP contribution >= 0.6 is 0 Å². The van der Waals surface area contributed by atoms with Crippen LogP contribution in [-0.2, 0) is 17.8 Å². The Balaban J connectivity index is 1.96. The molecule has 0 saturated carbocycles. The van der Waals surface area contributed by atoms with Crippen molar-refractivity contribution in [2.75, 3.05) is 19.0 Å². The molecule has 0 aliphatic heterocycles. The molecule has 0 bridgehead atoms. The summed E-state index contributed by atoms with van der Waals surface area (Å²) >= 11 is 0. The summed E-state index contributed by atoms with van der Waals surface area (Å²) in [4.78, 5) is 0. The number of anilines is 1. The summed E-state index contributed by atoms with van der Waals surface area (Å²) in [6.07, 6.45) is 3.33. The molecule has 108 valence electrons. The first-order chi connectivity index (χ1) is 9.60. The first kappa shape index (κ1) is 14.4. The van der Waals surface area contributed by atoms with Gasteiger partial charge in [-0.2, -0.15) is 5.10 Å². The SMILES string of the molecule is COCCn1cc(NCc2cc(F)c(F)c(F)c2)cn1. The molecule has 20 heavy (non-hydrogen) atoms. The Morgan fingerprint density at radius 1 is 1.25 bits per heavy atom. The van der Waals surface area contributed by atoms with Gasteiger partial charge in [-0.05, 0) is 17.7 Å². The van der Waals surface area contributed by atoms with Crippen LogP contribution in [0.1, 0.15) is 5.56 Å². The van der Waals surface area contributed by atoms with Gasteiger partial charge in [-0.1, -0.05) is 0 Å². The highest BCUT2D eigenvalue weighted by Gasteiger charge is 2.10. The van der Waals surface area contributed by atoms with Crippen molar-refractivity contribution in [3.8, 4) is 0 Å². The van der Waals surface area contributed by atoms with E-state index >= 15 is 0 Å². The number of ether oxygens (including phenoxy) is 1. The Kier molecular flexibility index (Phi) is 4.62. The summed E-state index contributed by atoms with van der Waals surface area (Å²) in [5.41, 5.74) is 1.01. The number of hydrogen-bond acceptors (Lipinski definition) is 3. The first-order valence-corrected chi connectivity index (χ1v) is 5.99. The second-order valence-corrected chi connectivity index (χ2v) is 4.21. The number of benzene rings is 1. The lowest BCUT2D eigenvalue weighted by Gasteiger charge is -2.05. The average molecular weight is 285 g/mol. The maximum atomic E-state index is 13.0. The number of aromatic nitrogens is 2. The number of methoxy groups -OCH3 is 1. The van der Waals surface area contributed by atoms with E-state index in [1.54, 1.807) is 24.2 Å². The zero-order valence-electron chi connectivity index (χ0n) is 10.9. The van der Waals surface area contributed by atoms with Gasteiger partial charge < -0.3 is 10.1 Å². The zero-order chi connectivity index (χ0) is 14.5. The van der Waals surface area contributed by atoms with Crippen molar-refractivity contribution in [1.29, 1.82) is 0 Å². The van der Waals surface area contributed by atoms with Gasteiger partial charge >= 0.3 is 0 Å². The lowest BCUT2D eigenvalue weighted by atomic mass is 10.2. The van der Waals surface area contributed by atoms with Crippen LogP contribution in [0.4, 0.5) is 18.9 Å². The van der Waals surface area contributed by atoms with Gasteiger partial charge in [0.25, 0.3) is 0 Å². The molecule has 4 nitrogen and oxygen atoms in total. The summed E-state index contributed by atoms with van der Waals surface area (Å²) < 4.78 is 45.5. The monoisotopic (exact) mass is 285 g/mol. The minimum atomic E-state index is -1.46. The van der Waals surface area contributed by atoms with Gasteiger partial charge in [0, 0.05) is 19.9 Å². The highest BCUT2D eigenvalue weighted by molar-refractivity contribution is 5.39. The van der Waals surface area contributed by atoms with E-state index in [1.165, 1.54) is 0 Å². The third-order valence-corrected chi connectivity index (χ3v) is 2.70. The smallest absolute Gasteiger partial charge is 0.194 e. The molecule has 1 aromatic heterocycles. The van der Waals surface area contributed by atoms with E-state index in [1.807, 2.05) is 0 Å². The van der Waals surface area contributed by atoms with Crippen molar-refractivity contribution in [2.45, 2.75) is 13.1 Å². The second-order valence-electron chi connectivity index (χ2n) is 4.21. The maximum absolute atomic E-state index is 13.0. The Hall–Kier alpha value is -2.02. The minimum absolute atomic E-state index is 0.171. The van der Waals surface area contributed by atoms with Gasteiger partial charge in [0.2, 0.25) is 0 Å². The Morgan fingerprint density at radius 2 is 1.95 bits per heavy atom. The van der Waals surface area contributed by atoms with Crippen LogP contribution < -0.4 is 5.32 Å². The summed E-state index contributed by atoms with van der Waals surface area (Å²) in [5.74, 6) is -3.85. The summed E-state index contributed by atoms with van der Waals surface area (Å²) in [6, 6.07) is 1.92. The van der Waals surface area contributed by atoms with Crippen LogP contribution in [0, 0.1) is 17.5 Å². The molecule has 1 N–H and O–H groups in total. The molecule has 0 fully saturated rings. The predicted molar refractivity (Wildman–Crippen MR) is 67.7 cm³/mol. The van der Waals surface area contributed by atoms with E-state index < -0.39 is 17.5 Å². The molecule has 0 aliphatic rings. The molecule has 0 atom stereocenters. The Morgan fingerprint density at radius 3 is 2.60 bits per heavy atom. The molecule has 2 rings (SSSR count). The molecule has 1 aromatic carbocycles. The molecule has 0 aliphatic carbocycles. The van der Waals surface area contributed by atoms with Gasteiger partial charge in [-0.15, -0.1) is 0 Å². The van der Waals surface area contributed by atoms with E-state index in [0.717, 1.165) is 12.1 Å². The third kappa shape index (κ3) is 3.51. The lowest BCUT2D eigenvalue weighted by molar-refractivity contribution is 0.183. The zero-order valence-corrected chi connectivity index (χ0v) is 10.9. The van der Waals surface area contributed by atoms with Gasteiger partial charge in [0.1, 0.15) is 0 Å².